The first-order valence-corrected chi connectivity index (χ1v) is 11.0. The number of sulfonamides is 1. The highest BCUT2D eigenvalue weighted by atomic mass is 32.2. The minimum atomic E-state index is -3.68. The Morgan fingerprint density at radius 3 is 2.60 bits per heavy atom. The van der Waals surface area contributed by atoms with Gasteiger partial charge in [-0.2, -0.15) is 4.31 Å². The number of aromatic nitrogens is 2. The first kappa shape index (κ1) is 19.0. The van der Waals surface area contributed by atoms with Gasteiger partial charge in [0.25, 0.3) is 0 Å². The van der Waals surface area contributed by atoms with E-state index in [9.17, 15) is 13.2 Å². The third-order valence-corrected chi connectivity index (χ3v) is 7.45. The van der Waals surface area contributed by atoms with Crippen LogP contribution in [0.4, 0.5) is 0 Å². The molecular weight excluding hydrogens is 408 g/mol. The van der Waals surface area contributed by atoms with E-state index in [2.05, 4.69) is 10.1 Å². The van der Waals surface area contributed by atoms with Gasteiger partial charge >= 0.3 is 5.76 Å². The number of nitrogens with zero attached hydrogens (tertiary/aromatic N) is 4. The molecule has 0 spiro atoms. The number of para-hydroxylation sites is 1. The number of piperazine rings is 1. The van der Waals surface area contributed by atoms with Crippen molar-refractivity contribution in [2.24, 2.45) is 7.05 Å². The van der Waals surface area contributed by atoms with E-state index in [-0.39, 0.29) is 10.5 Å². The maximum absolute atomic E-state index is 13.1. The molecule has 0 saturated carbocycles. The molecule has 2 aromatic carbocycles. The van der Waals surface area contributed by atoms with Crippen molar-refractivity contribution in [1.82, 2.24) is 18.9 Å². The molecule has 0 aliphatic carbocycles. The predicted octanol–water partition coefficient (Wildman–Crippen LogP) is 1.78. The molecule has 0 bridgehead atoms. The maximum atomic E-state index is 13.1. The van der Waals surface area contributed by atoms with Gasteiger partial charge in [0.2, 0.25) is 10.0 Å². The van der Waals surface area contributed by atoms with E-state index in [0.717, 1.165) is 16.7 Å². The minimum absolute atomic E-state index is 0.125. The molecule has 2 aromatic heterocycles. The first-order chi connectivity index (χ1) is 14.4. The second-order valence-electron chi connectivity index (χ2n) is 7.36. The van der Waals surface area contributed by atoms with Gasteiger partial charge in [-0.1, -0.05) is 17.3 Å². The van der Waals surface area contributed by atoms with Crippen LogP contribution >= 0.6 is 0 Å². The van der Waals surface area contributed by atoms with Gasteiger partial charge in [-0.3, -0.25) is 9.47 Å². The van der Waals surface area contributed by atoms with E-state index in [4.69, 9.17) is 8.94 Å². The van der Waals surface area contributed by atoms with E-state index in [1.54, 1.807) is 13.1 Å². The Labute approximate surface area is 172 Å². The molecule has 0 N–H and O–H groups in total. The van der Waals surface area contributed by atoms with E-state index < -0.39 is 15.8 Å². The van der Waals surface area contributed by atoms with Crippen molar-refractivity contribution in [1.29, 1.82) is 0 Å². The molecule has 0 unspecified atom stereocenters. The van der Waals surface area contributed by atoms with Crippen molar-refractivity contribution < 1.29 is 17.4 Å². The second kappa shape index (κ2) is 7.08. The highest BCUT2D eigenvalue weighted by molar-refractivity contribution is 7.89. The van der Waals surface area contributed by atoms with E-state index >= 15 is 0 Å². The summed E-state index contributed by atoms with van der Waals surface area (Å²) in [6.07, 6.45) is 0. The Morgan fingerprint density at radius 1 is 1.03 bits per heavy atom. The van der Waals surface area contributed by atoms with E-state index in [1.807, 2.05) is 24.3 Å². The lowest BCUT2D eigenvalue weighted by Crippen LogP contribution is -2.48. The van der Waals surface area contributed by atoms with Crippen LogP contribution in [-0.2, 0) is 23.6 Å². The topological polar surface area (TPSA) is 102 Å². The molecule has 3 heterocycles. The molecule has 30 heavy (non-hydrogen) atoms. The SMILES string of the molecule is Cn1c(=O)oc2cc(S(=O)(=O)N3CCN(Cc4noc5ccccc45)CC3)ccc21. The van der Waals surface area contributed by atoms with Crippen LogP contribution in [0.25, 0.3) is 22.1 Å². The molecule has 0 radical (unpaired) electrons. The largest absolute Gasteiger partial charge is 0.419 e. The molecule has 1 aliphatic rings. The van der Waals surface area contributed by atoms with Crippen LogP contribution in [0.3, 0.4) is 0 Å². The van der Waals surface area contributed by atoms with Gasteiger partial charge in [0.1, 0.15) is 5.69 Å². The smallest absolute Gasteiger partial charge is 0.408 e. The number of aryl methyl sites for hydroxylation is 1. The second-order valence-corrected chi connectivity index (χ2v) is 9.30. The zero-order chi connectivity index (χ0) is 20.9. The lowest BCUT2D eigenvalue weighted by Gasteiger charge is -2.33. The molecular formula is C20H20N4O5S. The van der Waals surface area contributed by atoms with Crippen molar-refractivity contribution in [3.8, 4) is 0 Å². The highest BCUT2D eigenvalue weighted by Crippen LogP contribution is 2.24. The number of oxazole rings is 1. The maximum Gasteiger partial charge on any atom is 0.419 e. The lowest BCUT2D eigenvalue weighted by molar-refractivity contribution is 0.178. The summed E-state index contributed by atoms with van der Waals surface area (Å²) in [6.45, 7) is 2.52. The van der Waals surface area contributed by atoms with Crippen molar-refractivity contribution in [3.05, 3.63) is 58.7 Å². The molecule has 10 heteroatoms. The molecule has 1 fully saturated rings. The zero-order valence-corrected chi connectivity index (χ0v) is 17.1. The zero-order valence-electron chi connectivity index (χ0n) is 16.3. The van der Waals surface area contributed by atoms with Gasteiger partial charge in [-0.25, -0.2) is 13.2 Å². The summed E-state index contributed by atoms with van der Waals surface area (Å²) in [4.78, 5) is 14.0. The number of rotatable bonds is 4. The van der Waals surface area contributed by atoms with Crippen molar-refractivity contribution in [2.45, 2.75) is 11.4 Å². The third kappa shape index (κ3) is 3.13. The van der Waals surface area contributed by atoms with Crippen LogP contribution in [0.2, 0.25) is 0 Å². The molecule has 1 saturated heterocycles. The predicted molar refractivity (Wildman–Crippen MR) is 109 cm³/mol. The fourth-order valence-corrected chi connectivity index (χ4v) is 5.25. The van der Waals surface area contributed by atoms with Gasteiger partial charge in [-0.05, 0) is 24.3 Å². The quantitative estimate of drug-likeness (QED) is 0.488. The van der Waals surface area contributed by atoms with Crippen LogP contribution in [0.5, 0.6) is 0 Å². The van der Waals surface area contributed by atoms with Gasteiger partial charge in [0.05, 0.1) is 10.4 Å². The fourth-order valence-electron chi connectivity index (χ4n) is 3.82. The molecule has 9 nitrogen and oxygen atoms in total. The van der Waals surface area contributed by atoms with Crippen molar-refractivity contribution in [2.75, 3.05) is 26.2 Å². The van der Waals surface area contributed by atoms with Gasteiger partial charge < -0.3 is 8.94 Å². The number of fused-ring (bicyclic) bond motifs is 2. The molecule has 4 aromatic rings. The van der Waals surface area contributed by atoms with Crippen LogP contribution in [0.1, 0.15) is 5.69 Å². The Morgan fingerprint density at radius 2 is 1.80 bits per heavy atom. The Kier molecular flexibility index (Phi) is 4.49. The summed E-state index contributed by atoms with van der Waals surface area (Å²) >= 11 is 0. The van der Waals surface area contributed by atoms with Gasteiger partial charge in [-0.15, -0.1) is 0 Å². The van der Waals surface area contributed by atoms with Crippen LogP contribution < -0.4 is 5.76 Å². The standard InChI is InChI=1S/C20H20N4O5S/c1-22-17-7-6-14(12-19(17)28-20(22)25)30(26,27)24-10-8-23(9-11-24)13-16-15-4-2-3-5-18(15)29-21-16/h2-7,12H,8-11,13H2,1H3. The molecule has 0 atom stereocenters. The molecule has 0 amide bonds. The van der Waals surface area contributed by atoms with E-state index in [1.165, 1.54) is 21.0 Å². The third-order valence-electron chi connectivity index (χ3n) is 5.56. The Balaban J connectivity index is 1.31. The van der Waals surface area contributed by atoms with Gasteiger partial charge in [0, 0.05) is 51.2 Å². The van der Waals surface area contributed by atoms with Gasteiger partial charge in [0.15, 0.2) is 11.2 Å². The first-order valence-electron chi connectivity index (χ1n) is 9.59. The van der Waals surface area contributed by atoms with Crippen molar-refractivity contribution in [3.63, 3.8) is 0 Å². The fraction of sp³-hybridized carbons (Fsp3) is 0.300. The summed E-state index contributed by atoms with van der Waals surface area (Å²) < 4.78 is 39.4. The monoisotopic (exact) mass is 428 g/mol. The summed E-state index contributed by atoms with van der Waals surface area (Å²) in [7, 11) is -2.09. The lowest BCUT2D eigenvalue weighted by atomic mass is 10.2. The summed E-state index contributed by atoms with van der Waals surface area (Å²) in [5.74, 6) is -0.520. The van der Waals surface area contributed by atoms with Crippen molar-refractivity contribution >= 4 is 32.1 Å². The number of hydrogen-bond donors (Lipinski definition) is 0. The molecule has 5 rings (SSSR count). The minimum Gasteiger partial charge on any atom is -0.408 e. The van der Waals surface area contributed by atoms with E-state index in [0.29, 0.717) is 38.2 Å². The summed E-state index contributed by atoms with van der Waals surface area (Å²) in [5.41, 5.74) is 2.42. The number of hydrogen-bond acceptors (Lipinski definition) is 7. The average molecular weight is 428 g/mol. The average Bonchev–Trinajstić information content (AvgIpc) is 3.29. The van der Waals surface area contributed by atoms with Crippen LogP contribution in [-0.4, -0.2) is 53.5 Å². The summed E-state index contributed by atoms with van der Waals surface area (Å²) in [6, 6.07) is 12.2. The Bertz CT molecular complexity index is 1390. The summed E-state index contributed by atoms with van der Waals surface area (Å²) in [5, 5.41) is 5.13. The molecule has 1 aliphatic heterocycles. The van der Waals surface area contributed by atoms with Crippen LogP contribution in [0, 0.1) is 0 Å². The molecule has 156 valence electrons. The highest BCUT2D eigenvalue weighted by Gasteiger charge is 2.29. The normalized spacial score (nSPS) is 16.6. The Hall–Kier alpha value is -2.95. The van der Waals surface area contributed by atoms with Crippen LogP contribution in [0.15, 0.2) is 61.1 Å². The number of benzene rings is 2.